The molecular formula is C23H40O6. The van der Waals surface area contributed by atoms with Crippen molar-refractivity contribution in [3.05, 3.63) is 0 Å². The lowest BCUT2D eigenvalue weighted by molar-refractivity contribution is -0.333. The van der Waals surface area contributed by atoms with Gasteiger partial charge in [0.2, 0.25) is 0 Å². The second kappa shape index (κ2) is 8.10. The molecule has 4 aliphatic rings. The minimum absolute atomic E-state index is 0.120. The van der Waals surface area contributed by atoms with Crippen LogP contribution < -0.4 is 0 Å². The van der Waals surface area contributed by atoms with Crippen LogP contribution >= 0.6 is 0 Å². The van der Waals surface area contributed by atoms with Gasteiger partial charge in [-0.2, -0.15) is 0 Å². The highest BCUT2D eigenvalue weighted by atomic mass is 16.7. The van der Waals surface area contributed by atoms with Crippen molar-refractivity contribution in [1.29, 1.82) is 0 Å². The van der Waals surface area contributed by atoms with Gasteiger partial charge >= 0.3 is 5.97 Å². The Bertz CT molecular complexity index is 606. The Labute approximate surface area is 175 Å². The van der Waals surface area contributed by atoms with E-state index in [9.17, 15) is 4.79 Å². The summed E-state index contributed by atoms with van der Waals surface area (Å²) in [6.45, 7) is 12.4. The van der Waals surface area contributed by atoms with Gasteiger partial charge in [0.25, 0.3) is 0 Å². The number of hydrogen-bond acceptors (Lipinski definition) is 6. The van der Waals surface area contributed by atoms with Crippen molar-refractivity contribution >= 4 is 5.97 Å². The molecule has 4 rings (SSSR count). The van der Waals surface area contributed by atoms with E-state index in [1.165, 1.54) is 0 Å². The average Bonchev–Trinajstić information content (AvgIpc) is 2.59. The van der Waals surface area contributed by atoms with Crippen molar-refractivity contribution in [3.8, 4) is 0 Å². The summed E-state index contributed by atoms with van der Waals surface area (Å²) in [4.78, 5) is 13.0. The van der Waals surface area contributed by atoms with E-state index in [1.807, 2.05) is 41.5 Å². The zero-order valence-corrected chi connectivity index (χ0v) is 19.3. The SMILES string of the molecule is CCOC(C)OC12CC3CC(OC(=O)C(C)(C)CC)(CC(OC(C)OC)(C3)C1)C2. The summed E-state index contributed by atoms with van der Waals surface area (Å²) < 4.78 is 30.4. The van der Waals surface area contributed by atoms with Gasteiger partial charge in [0.05, 0.1) is 16.6 Å². The van der Waals surface area contributed by atoms with Gasteiger partial charge in [-0.3, -0.25) is 4.79 Å². The first-order valence-corrected chi connectivity index (χ1v) is 11.2. The third-order valence-electron chi connectivity index (χ3n) is 7.23. The molecule has 168 valence electrons. The first-order valence-electron chi connectivity index (χ1n) is 11.2. The van der Waals surface area contributed by atoms with Crippen LogP contribution in [0.4, 0.5) is 0 Å². The molecule has 4 fully saturated rings. The van der Waals surface area contributed by atoms with E-state index < -0.39 is 22.2 Å². The standard InChI is InChI=1S/C23H40O6/c1-8-20(5,6)19(24)29-23-12-18-10-21(14-23,27-16(3)25-7)13-22(11-18,15-23)28-17(4)26-9-2/h16-18H,8-15H2,1-7H3. The molecule has 6 unspecified atom stereocenters. The molecule has 6 heteroatoms. The van der Waals surface area contributed by atoms with E-state index in [4.69, 9.17) is 23.7 Å². The van der Waals surface area contributed by atoms with Crippen LogP contribution in [-0.2, 0) is 28.5 Å². The van der Waals surface area contributed by atoms with Gasteiger partial charge in [0, 0.05) is 33.0 Å². The number of carbonyl (C=O) groups is 1. The van der Waals surface area contributed by atoms with Gasteiger partial charge in [-0.1, -0.05) is 6.92 Å². The smallest absolute Gasteiger partial charge is 0.312 e. The third kappa shape index (κ3) is 4.65. The van der Waals surface area contributed by atoms with Gasteiger partial charge < -0.3 is 23.7 Å². The van der Waals surface area contributed by atoms with Gasteiger partial charge in [-0.25, -0.2) is 0 Å². The van der Waals surface area contributed by atoms with Crippen LogP contribution in [0, 0.1) is 11.3 Å². The Balaban J connectivity index is 1.90. The molecule has 29 heavy (non-hydrogen) atoms. The summed E-state index contributed by atoms with van der Waals surface area (Å²) in [5.41, 5.74) is -1.82. The molecule has 0 heterocycles. The van der Waals surface area contributed by atoms with E-state index in [1.54, 1.807) is 7.11 Å². The molecule has 0 radical (unpaired) electrons. The van der Waals surface area contributed by atoms with Crippen LogP contribution in [-0.4, -0.2) is 49.1 Å². The molecule has 0 aromatic carbocycles. The molecule has 0 aromatic rings. The number of carbonyl (C=O) groups excluding carboxylic acids is 1. The topological polar surface area (TPSA) is 63.2 Å². The van der Waals surface area contributed by atoms with Crippen molar-refractivity contribution < 1.29 is 28.5 Å². The first-order chi connectivity index (χ1) is 13.5. The Morgan fingerprint density at radius 2 is 1.48 bits per heavy atom. The van der Waals surface area contributed by atoms with Gasteiger partial charge in [-0.05, 0) is 66.2 Å². The molecule has 0 spiro atoms. The van der Waals surface area contributed by atoms with Gasteiger partial charge in [-0.15, -0.1) is 0 Å². The lowest BCUT2D eigenvalue weighted by Crippen LogP contribution is -2.69. The second-order valence-electron chi connectivity index (χ2n) is 10.2. The zero-order chi connectivity index (χ0) is 21.5. The Hall–Kier alpha value is -0.690. The molecule has 0 amide bonds. The highest BCUT2D eigenvalue weighted by Crippen LogP contribution is 2.63. The van der Waals surface area contributed by atoms with E-state index in [2.05, 4.69) is 0 Å². The summed E-state index contributed by atoms with van der Waals surface area (Å²) >= 11 is 0. The maximum absolute atomic E-state index is 13.0. The number of hydrogen-bond donors (Lipinski definition) is 0. The fraction of sp³-hybridized carbons (Fsp3) is 0.957. The largest absolute Gasteiger partial charge is 0.458 e. The Kier molecular flexibility index (Phi) is 6.42. The summed E-state index contributed by atoms with van der Waals surface area (Å²) in [6.07, 6.45) is 5.17. The highest BCUT2D eigenvalue weighted by Gasteiger charge is 2.67. The predicted octanol–water partition coefficient (Wildman–Crippen LogP) is 4.59. The van der Waals surface area contributed by atoms with Crippen LogP contribution in [0.3, 0.4) is 0 Å². The molecule has 4 saturated carbocycles. The molecule has 0 aliphatic heterocycles. The number of rotatable bonds is 10. The second-order valence-corrected chi connectivity index (χ2v) is 10.2. The summed E-state index contributed by atoms with van der Waals surface area (Å²) in [5.74, 6) is 0.284. The molecule has 0 aromatic heterocycles. The third-order valence-corrected chi connectivity index (χ3v) is 7.23. The average molecular weight is 413 g/mol. The first kappa shape index (κ1) is 23.0. The van der Waals surface area contributed by atoms with Crippen LogP contribution in [0.5, 0.6) is 0 Å². The van der Waals surface area contributed by atoms with Crippen molar-refractivity contribution in [2.45, 2.75) is 116 Å². The normalized spacial score (nSPS) is 38.1. The maximum atomic E-state index is 13.0. The summed E-state index contributed by atoms with van der Waals surface area (Å²) in [7, 11) is 1.66. The highest BCUT2D eigenvalue weighted by molar-refractivity contribution is 5.76. The lowest BCUT2D eigenvalue weighted by atomic mass is 9.50. The van der Waals surface area contributed by atoms with Crippen LogP contribution in [0.15, 0.2) is 0 Å². The number of ether oxygens (including phenoxy) is 5. The Morgan fingerprint density at radius 3 is 2.00 bits per heavy atom. The summed E-state index contributed by atoms with van der Waals surface area (Å²) in [5, 5.41) is 0. The lowest BCUT2D eigenvalue weighted by Gasteiger charge is -2.65. The van der Waals surface area contributed by atoms with Crippen molar-refractivity contribution in [2.24, 2.45) is 11.3 Å². The van der Waals surface area contributed by atoms with Crippen molar-refractivity contribution in [1.82, 2.24) is 0 Å². The van der Waals surface area contributed by atoms with E-state index in [0.29, 0.717) is 25.4 Å². The predicted molar refractivity (Wildman–Crippen MR) is 109 cm³/mol. The molecule has 6 atom stereocenters. The van der Waals surface area contributed by atoms with Crippen molar-refractivity contribution in [3.63, 3.8) is 0 Å². The summed E-state index contributed by atoms with van der Waals surface area (Å²) in [6, 6.07) is 0. The molecule has 4 bridgehead atoms. The van der Waals surface area contributed by atoms with Gasteiger partial charge in [0.15, 0.2) is 12.6 Å². The fourth-order valence-corrected chi connectivity index (χ4v) is 6.05. The minimum atomic E-state index is -0.539. The molecule has 0 saturated heterocycles. The zero-order valence-electron chi connectivity index (χ0n) is 19.3. The molecule has 4 aliphatic carbocycles. The number of esters is 1. The number of methoxy groups -OCH3 is 1. The van der Waals surface area contributed by atoms with Gasteiger partial charge in [0.1, 0.15) is 5.60 Å². The van der Waals surface area contributed by atoms with Crippen molar-refractivity contribution in [2.75, 3.05) is 13.7 Å². The molecule has 6 nitrogen and oxygen atoms in total. The van der Waals surface area contributed by atoms with E-state index >= 15 is 0 Å². The monoisotopic (exact) mass is 412 g/mol. The van der Waals surface area contributed by atoms with Crippen LogP contribution in [0.2, 0.25) is 0 Å². The maximum Gasteiger partial charge on any atom is 0.312 e. The fourth-order valence-electron chi connectivity index (χ4n) is 6.05. The van der Waals surface area contributed by atoms with Crippen LogP contribution in [0.1, 0.15) is 86.5 Å². The molecule has 0 N–H and O–H groups in total. The van der Waals surface area contributed by atoms with E-state index in [-0.39, 0.29) is 18.5 Å². The minimum Gasteiger partial charge on any atom is -0.458 e. The van der Waals surface area contributed by atoms with E-state index in [0.717, 1.165) is 32.1 Å². The van der Waals surface area contributed by atoms with Crippen LogP contribution in [0.25, 0.3) is 0 Å². The quantitative estimate of drug-likeness (QED) is 0.386. The molecular weight excluding hydrogens is 372 g/mol. The Morgan fingerprint density at radius 1 is 0.966 bits per heavy atom.